The molecule has 1 rings (SSSR count). The molecule has 1 amide bonds. The maximum atomic E-state index is 10.5. The average molecular weight is 179 g/mol. The normalized spacial score (nSPS) is 28.9. The molecule has 0 heterocycles. The molecule has 1 aliphatic carbocycles. The molecular weight excluding hydrogens is 162 g/mol. The predicted octanol–water partition coefficient (Wildman–Crippen LogP) is 2.02. The number of allylic oxidation sites excluding steroid dienone is 3. The van der Waals surface area contributed by atoms with E-state index < -0.39 is 0 Å². The summed E-state index contributed by atoms with van der Waals surface area (Å²) in [5, 5.41) is 0. The molecule has 72 valence electrons. The Morgan fingerprint density at radius 2 is 2.38 bits per heavy atom. The van der Waals surface area contributed by atoms with Crippen molar-refractivity contribution in [2.24, 2.45) is 17.6 Å². The molecule has 2 nitrogen and oxygen atoms in total. The summed E-state index contributed by atoms with van der Waals surface area (Å²) in [6, 6.07) is 0. The molecule has 0 saturated carbocycles. The minimum absolute atomic E-state index is 0.347. The van der Waals surface area contributed by atoms with Gasteiger partial charge in [0.25, 0.3) is 0 Å². The number of carbonyl (C=O) groups excluding carboxylic acids is 1. The topological polar surface area (TPSA) is 43.1 Å². The van der Waals surface area contributed by atoms with E-state index in [1.165, 1.54) is 11.6 Å². The van der Waals surface area contributed by atoms with Crippen molar-refractivity contribution in [1.29, 1.82) is 0 Å². The van der Waals surface area contributed by atoms with E-state index in [0.29, 0.717) is 11.8 Å². The van der Waals surface area contributed by atoms with Gasteiger partial charge in [0.2, 0.25) is 5.91 Å². The van der Waals surface area contributed by atoms with Gasteiger partial charge in [0.1, 0.15) is 0 Å². The maximum Gasteiger partial charge on any atom is 0.241 e. The molecule has 2 atom stereocenters. The van der Waals surface area contributed by atoms with Crippen molar-refractivity contribution in [3.63, 3.8) is 0 Å². The van der Waals surface area contributed by atoms with E-state index in [-0.39, 0.29) is 5.91 Å². The standard InChI is InChI=1S/C11H17NO/c1-8-5-9(2)7-10(6-8)3-4-11(12)13/h3-5,8,10H,6-7H2,1-2H3,(H2,12,13)/b4-3-. The number of hydrogen-bond donors (Lipinski definition) is 1. The summed E-state index contributed by atoms with van der Waals surface area (Å²) in [5.74, 6) is 0.767. The SMILES string of the molecule is CC1=CC(C)CC(/C=C\C(N)=O)C1. The zero-order valence-corrected chi connectivity index (χ0v) is 8.29. The van der Waals surface area contributed by atoms with Gasteiger partial charge in [-0.2, -0.15) is 0 Å². The lowest BCUT2D eigenvalue weighted by atomic mass is 9.83. The summed E-state index contributed by atoms with van der Waals surface area (Å²) in [4.78, 5) is 10.5. The van der Waals surface area contributed by atoms with E-state index >= 15 is 0 Å². The first-order chi connectivity index (χ1) is 6.08. The van der Waals surface area contributed by atoms with Crippen molar-refractivity contribution < 1.29 is 4.79 Å². The van der Waals surface area contributed by atoms with Crippen molar-refractivity contribution in [3.05, 3.63) is 23.8 Å². The molecule has 0 aromatic carbocycles. The quantitative estimate of drug-likeness (QED) is 0.511. The van der Waals surface area contributed by atoms with E-state index in [4.69, 9.17) is 5.73 Å². The van der Waals surface area contributed by atoms with E-state index in [9.17, 15) is 4.79 Å². The molecule has 0 radical (unpaired) electrons. The Labute approximate surface area is 79.5 Å². The second-order valence-electron chi connectivity index (χ2n) is 3.95. The molecule has 0 spiro atoms. The highest BCUT2D eigenvalue weighted by atomic mass is 16.1. The molecule has 0 fully saturated rings. The third-order valence-corrected chi connectivity index (χ3v) is 2.36. The fourth-order valence-electron chi connectivity index (χ4n) is 1.97. The van der Waals surface area contributed by atoms with Gasteiger partial charge < -0.3 is 5.73 Å². The smallest absolute Gasteiger partial charge is 0.241 e. The van der Waals surface area contributed by atoms with Crippen LogP contribution in [0.5, 0.6) is 0 Å². The van der Waals surface area contributed by atoms with Crippen molar-refractivity contribution in [3.8, 4) is 0 Å². The van der Waals surface area contributed by atoms with Crippen LogP contribution >= 0.6 is 0 Å². The van der Waals surface area contributed by atoms with Crippen LogP contribution in [0, 0.1) is 11.8 Å². The molecule has 0 aromatic rings. The lowest BCUT2D eigenvalue weighted by molar-refractivity contribution is -0.113. The van der Waals surface area contributed by atoms with Crippen LogP contribution in [-0.2, 0) is 4.79 Å². The third kappa shape index (κ3) is 3.45. The van der Waals surface area contributed by atoms with Gasteiger partial charge in [-0.3, -0.25) is 4.79 Å². The molecule has 13 heavy (non-hydrogen) atoms. The van der Waals surface area contributed by atoms with Crippen LogP contribution in [0.3, 0.4) is 0 Å². The van der Waals surface area contributed by atoms with Gasteiger partial charge >= 0.3 is 0 Å². The Bertz CT molecular complexity index is 253. The van der Waals surface area contributed by atoms with E-state index in [2.05, 4.69) is 19.9 Å². The van der Waals surface area contributed by atoms with Crippen LogP contribution in [0.1, 0.15) is 26.7 Å². The molecule has 2 heteroatoms. The highest BCUT2D eigenvalue weighted by Crippen LogP contribution is 2.28. The molecule has 0 bridgehead atoms. The van der Waals surface area contributed by atoms with Crippen LogP contribution in [0.25, 0.3) is 0 Å². The van der Waals surface area contributed by atoms with Crippen LogP contribution in [0.4, 0.5) is 0 Å². The number of carbonyl (C=O) groups is 1. The molecule has 0 aliphatic heterocycles. The van der Waals surface area contributed by atoms with Crippen LogP contribution in [-0.4, -0.2) is 5.91 Å². The molecule has 2 unspecified atom stereocenters. The summed E-state index contributed by atoms with van der Waals surface area (Å²) in [6.07, 6.45) is 7.91. The number of primary amides is 1. The molecule has 0 saturated heterocycles. The Hall–Kier alpha value is -1.05. The summed E-state index contributed by atoms with van der Waals surface area (Å²) < 4.78 is 0. The van der Waals surface area contributed by atoms with E-state index in [0.717, 1.165) is 12.8 Å². The van der Waals surface area contributed by atoms with Crippen molar-refractivity contribution in [1.82, 2.24) is 0 Å². The Morgan fingerprint density at radius 3 is 2.92 bits per heavy atom. The van der Waals surface area contributed by atoms with Crippen molar-refractivity contribution in [2.75, 3.05) is 0 Å². The fraction of sp³-hybridized carbons (Fsp3) is 0.545. The molecule has 1 aliphatic rings. The first-order valence-corrected chi connectivity index (χ1v) is 4.73. The predicted molar refractivity (Wildman–Crippen MR) is 54.0 cm³/mol. The lowest BCUT2D eigenvalue weighted by Gasteiger charge is -2.22. The molecule has 2 N–H and O–H groups in total. The van der Waals surface area contributed by atoms with E-state index in [1.54, 1.807) is 0 Å². The Balaban J connectivity index is 2.55. The highest BCUT2D eigenvalue weighted by Gasteiger charge is 2.15. The second-order valence-corrected chi connectivity index (χ2v) is 3.95. The van der Waals surface area contributed by atoms with Gasteiger partial charge in [-0.15, -0.1) is 0 Å². The van der Waals surface area contributed by atoms with Gasteiger partial charge in [0.15, 0.2) is 0 Å². The zero-order chi connectivity index (χ0) is 9.84. The van der Waals surface area contributed by atoms with Gasteiger partial charge in [-0.1, -0.05) is 24.6 Å². The number of nitrogens with two attached hydrogens (primary N) is 1. The minimum Gasteiger partial charge on any atom is -0.366 e. The number of hydrogen-bond acceptors (Lipinski definition) is 1. The van der Waals surface area contributed by atoms with Crippen LogP contribution in [0.2, 0.25) is 0 Å². The van der Waals surface area contributed by atoms with Gasteiger partial charge in [-0.05, 0) is 37.7 Å². The maximum absolute atomic E-state index is 10.5. The van der Waals surface area contributed by atoms with Crippen LogP contribution in [0.15, 0.2) is 23.8 Å². The minimum atomic E-state index is -0.347. The summed E-state index contributed by atoms with van der Waals surface area (Å²) in [7, 11) is 0. The van der Waals surface area contributed by atoms with E-state index in [1.807, 2.05) is 6.08 Å². The third-order valence-electron chi connectivity index (χ3n) is 2.36. The number of rotatable bonds is 2. The summed E-state index contributed by atoms with van der Waals surface area (Å²) in [5.41, 5.74) is 6.45. The highest BCUT2D eigenvalue weighted by molar-refractivity contribution is 5.85. The average Bonchev–Trinajstić information content (AvgIpc) is 1.99. The number of amides is 1. The molecule has 0 aromatic heterocycles. The van der Waals surface area contributed by atoms with Crippen molar-refractivity contribution >= 4 is 5.91 Å². The fourth-order valence-corrected chi connectivity index (χ4v) is 1.97. The summed E-state index contributed by atoms with van der Waals surface area (Å²) >= 11 is 0. The van der Waals surface area contributed by atoms with Gasteiger partial charge in [-0.25, -0.2) is 0 Å². The van der Waals surface area contributed by atoms with Crippen molar-refractivity contribution in [2.45, 2.75) is 26.7 Å². The monoisotopic (exact) mass is 179 g/mol. The Morgan fingerprint density at radius 1 is 1.69 bits per heavy atom. The first kappa shape index (κ1) is 10.0. The van der Waals surface area contributed by atoms with Gasteiger partial charge in [0.05, 0.1) is 0 Å². The molecular formula is C11H17NO. The zero-order valence-electron chi connectivity index (χ0n) is 8.29. The first-order valence-electron chi connectivity index (χ1n) is 4.73. The van der Waals surface area contributed by atoms with Gasteiger partial charge in [0, 0.05) is 0 Å². The largest absolute Gasteiger partial charge is 0.366 e. The summed E-state index contributed by atoms with van der Waals surface area (Å²) in [6.45, 7) is 4.34. The van der Waals surface area contributed by atoms with Crippen LogP contribution < -0.4 is 5.73 Å². The Kier molecular flexibility index (Phi) is 3.29. The lowest BCUT2D eigenvalue weighted by Crippen LogP contribution is -2.11. The second kappa shape index (κ2) is 4.26.